The highest BCUT2D eigenvalue weighted by Crippen LogP contribution is 2.39. The number of methoxy groups -OCH3 is 1. The van der Waals surface area contributed by atoms with Crippen LogP contribution in [0.2, 0.25) is 0 Å². The van der Waals surface area contributed by atoms with Gasteiger partial charge < -0.3 is 14.6 Å². The van der Waals surface area contributed by atoms with Gasteiger partial charge in [0.25, 0.3) is 0 Å². The van der Waals surface area contributed by atoms with Crippen molar-refractivity contribution >= 4 is 0 Å². The third kappa shape index (κ3) is 3.29. The van der Waals surface area contributed by atoms with E-state index in [1.165, 1.54) is 32.1 Å². The zero-order valence-corrected chi connectivity index (χ0v) is 13.2. The summed E-state index contributed by atoms with van der Waals surface area (Å²) in [5, 5.41) is 7.78. The van der Waals surface area contributed by atoms with Crippen LogP contribution in [0.15, 0.2) is 4.52 Å². The van der Waals surface area contributed by atoms with Crippen LogP contribution in [0.4, 0.5) is 0 Å². The number of nitrogens with zero attached hydrogens (tertiary/aromatic N) is 2. The van der Waals surface area contributed by atoms with Gasteiger partial charge in [-0.2, -0.15) is 4.98 Å². The second kappa shape index (κ2) is 6.44. The monoisotopic (exact) mass is 293 g/mol. The predicted molar refractivity (Wildman–Crippen MR) is 80.0 cm³/mol. The number of likely N-dealkylation sites (N-methyl/N-ethyl adjacent to an activating group) is 1. The van der Waals surface area contributed by atoms with E-state index in [-0.39, 0.29) is 5.60 Å². The summed E-state index contributed by atoms with van der Waals surface area (Å²) < 4.78 is 11.3. The van der Waals surface area contributed by atoms with E-state index in [4.69, 9.17) is 9.26 Å². The maximum atomic E-state index is 5.79. The van der Waals surface area contributed by atoms with E-state index in [1.807, 2.05) is 0 Å². The summed E-state index contributed by atoms with van der Waals surface area (Å²) in [5.41, 5.74) is -0.312. The molecule has 1 unspecified atom stereocenters. The maximum Gasteiger partial charge on any atom is 0.228 e. The summed E-state index contributed by atoms with van der Waals surface area (Å²) in [4.78, 5) is 4.67. The molecule has 118 valence electrons. The number of hydrogen-bond acceptors (Lipinski definition) is 5. The summed E-state index contributed by atoms with van der Waals surface area (Å²) in [5.74, 6) is 2.29. The van der Waals surface area contributed by atoms with Gasteiger partial charge in [0.15, 0.2) is 0 Å². The van der Waals surface area contributed by atoms with Crippen molar-refractivity contribution in [2.75, 3.05) is 13.7 Å². The van der Waals surface area contributed by atoms with Crippen LogP contribution in [0.25, 0.3) is 0 Å². The van der Waals surface area contributed by atoms with Crippen LogP contribution in [0, 0.1) is 5.92 Å². The first-order valence-electron chi connectivity index (χ1n) is 8.39. The van der Waals surface area contributed by atoms with Crippen molar-refractivity contribution in [3.05, 3.63) is 11.7 Å². The summed E-state index contributed by atoms with van der Waals surface area (Å²) >= 11 is 0. The average molecular weight is 293 g/mol. The zero-order chi connectivity index (χ0) is 14.7. The summed E-state index contributed by atoms with van der Waals surface area (Å²) in [6.45, 7) is 3.14. The van der Waals surface area contributed by atoms with Crippen molar-refractivity contribution in [2.45, 2.75) is 69.9 Å². The molecule has 1 aromatic heterocycles. The van der Waals surface area contributed by atoms with Crippen molar-refractivity contribution in [3.63, 3.8) is 0 Å². The normalized spacial score (nSPS) is 23.1. The molecule has 1 heterocycles. The lowest BCUT2D eigenvalue weighted by Gasteiger charge is -2.32. The smallest absolute Gasteiger partial charge is 0.228 e. The summed E-state index contributed by atoms with van der Waals surface area (Å²) in [6.07, 6.45) is 9.12. The maximum absolute atomic E-state index is 5.79. The van der Waals surface area contributed by atoms with E-state index in [0.717, 1.165) is 43.4 Å². The number of ether oxygens (including phenoxy) is 1. The lowest BCUT2D eigenvalue weighted by atomic mass is 9.84. The van der Waals surface area contributed by atoms with E-state index in [0.29, 0.717) is 6.04 Å². The van der Waals surface area contributed by atoms with Gasteiger partial charge in [-0.25, -0.2) is 0 Å². The van der Waals surface area contributed by atoms with Crippen LogP contribution in [0.5, 0.6) is 0 Å². The zero-order valence-electron chi connectivity index (χ0n) is 13.2. The molecule has 0 spiro atoms. The number of hydrogen-bond donors (Lipinski definition) is 1. The molecule has 2 fully saturated rings. The van der Waals surface area contributed by atoms with Gasteiger partial charge in [0.05, 0.1) is 0 Å². The van der Waals surface area contributed by atoms with Gasteiger partial charge in [0.1, 0.15) is 5.60 Å². The molecule has 0 aromatic carbocycles. The molecular formula is C16H27N3O2. The minimum absolute atomic E-state index is 0.312. The van der Waals surface area contributed by atoms with Gasteiger partial charge in [-0.15, -0.1) is 0 Å². The summed E-state index contributed by atoms with van der Waals surface area (Å²) in [6, 6.07) is 0.480. The minimum Gasteiger partial charge on any atom is -0.370 e. The minimum atomic E-state index is -0.312. The Morgan fingerprint density at radius 2 is 2.10 bits per heavy atom. The molecule has 2 aliphatic carbocycles. The van der Waals surface area contributed by atoms with Gasteiger partial charge in [0, 0.05) is 19.6 Å². The highest BCUT2D eigenvalue weighted by atomic mass is 16.5. The summed E-state index contributed by atoms with van der Waals surface area (Å²) in [7, 11) is 1.77. The fourth-order valence-corrected chi connectivity index (χ4v) is 3.52. The van der Waals surface area contributed by atoms with Crippen molar-refractivity contribution in [1.82, 2.24) is 15.5 Å². The highest BCUT2D eigenvalue weighted by Gasteiger charge is 2.39. The SMILES string of the molecule is CCNC(Cc1nc(C2(OC)CCCCC2)no1)C1CC1. The molecule has 2 saturated carbocycles. The van der Waals surface area contributed by atoms with Crippen molar-refractivity contribution < 1.29 is 9.26 Å². The van der Waals surface area contributed by atoms with E-state index < -0.39 is 0 Å². The second-order valence-electron chi connectivity index (χ2n) is 6.48. The highest BCUT2D eigenvalue weighted by molar-refractivity contribution is 5.04. The van der Waals surface area contributed by atoms with Crippen LogP contribution in [-0.4, -0.2) is 29.8 Å². The van der Waals surface area contributed by atoms with Gasteiger partial charge in [0.2, 0.25) is 11.7 Å². The van der Waals surface area contributed by atoms with Crippen LogP contribution in [-0.2, 0) is 16.8 Å². The predicted octanol–water partition coefficient (Wildman–Crippen LogP) is 2.81. The fraction of sp³-hybridized carbons (Fsp3) is 0.875. The number of nitrogens with one attached hydrogen (secondary N) is 1. The molecule has 0 radical (unpaired) electrons. The van der Waals surface area contributed by atoms with Crippen molar-refractivity contribution in [1.29, 1.82) is 0 Å². The standard InChI is InChI=1S/C16H27N3O2/c1-3-17-13(12-7-8-12)11-14-18-15(19-21-14)16(20-2)9-5-4-6-10-16/h12-13,17H,3-11H2,1-2H3. The van der Waals surface area contributed by atoms with E-state index in [2.05, 4.69) is 22.4 Å². The Hall–Kier alpha value is -0.940. The number of aromatic nitrogens is 2. The van der Waals surface area contributed by atoms with Gasteiger partial charge in [-0.05, 0) is 38.1 Å². The Labute approximate surface area is 126 Å². The largest absolute Gasteiger partial charge is 0.370 e. The first-order valence-corrected chi connectivity index (χ1v) is 8.39. The van der Waals surface area contributed by atoms with Gasteiger partial charge in [-0.1, -0.05) is 31.3 Å². The van der Waals surface area contributed by atoms with Crippen molar-refractivity contribution in [2.24, 2.45) is 5.92 Å². The van der Waals surface area contributed by atoms with Crippen LogP contribution >= 0.6 is 0 Å². The molecule has 1 atom stereocenters. The molecule has 2 aliphatic rings. The average Bonchev–Trinajstić information content (AvgIpc) is 3.27. The lowest BCUT2D eigenvalue weighted by Crippen LogP contribution is -2.34. The number of rotatable bonds is 7. The second-order valence-corrected chi connectivity index (χ2v) is 6.48. The molecule has 21 heavy (non-hydrogen) atoms. The molecule has 5 nitrogen and oxygen atoms in total. The van der Waals surface area contributed by atoms with E-state index in [9.17, 15) is 0 Å². The molecule has 0 bridgehead atoms. The first-order chi connectivity index (χ1) is 10.3. The molecule has 0 aliphatic heterocycles. The first kappa shape index (κ1) is 15.0. The lowest BCUT2D eigenvalue weighted by molar-refractivity contribution is -0.0527. The Bertz CT molecular complexity index is 450. The fourth-order valence-electron chi connectivity index (χ4n) is 3.52. The van der Waals surface area contributed by atoms with Crippen LogP contribution in [0.3, 0.4) is 0 Å². The van der Waals surface area contributed by atoms with Crippen LogP contribution in [0.1, 0.15) is 63.6 Å². The van der Waals surface area contributed by atoms with Crippen molar-refractivity contribution in [3.8, 4) is 0 Å². The van der Waals surface area contributed by atoms with Crippen LogP contribution < -0.4 is 5.32 Å². The molecule has 1 N–H and O–H groups in total. The third-order valence-corrected chi connectivity index (χ3v) is 4.98. The quantitative estimate of drug-likeness (QED) is 0.837. The Kier molecular flexibility index (Phi) is 4.60. The molecule has 0 amide bonds. The topological polar surface area (TPSA) is 60.2 Å². The third-order valence-electron chi connectivity index (χ3n) is 4.98. The Morgan fingerprint density at radius 3 is 2.71 bits per heavy atom. The van der Waals surface area contributed by atoms with E-state index in [1.54, 1.807) is 7.11 Å². The Morgan fingerprint density at radius 1 is 1.33 bits per heavy atom. The molecule has 5 heteroatoms. The van der Waals surface area contributed by atoms with E-state index >= 15 is 0 Å². The molecule has 3 rings (SSSR count). The van der Waals surface area contributed by atoms with Gasteiger partial charge >= 0.3 is 0 Å². The molecule has 1 aromatic rings. The Balaban J connectivity index is 1.69. The molecule has 0 saturated heterocycles. The molecular weight excluding hydrogens is 266 g/mol. The van der Waals surface area contributed by atoms with Gasteiger partial charge in [-0.3, -0.25) is 0 Å².